The Balaban J connectivity index is 2.12. The van der Waals surface area contributed by atoms with E-state index >= 15 is 0 Å². The van der Waals surface area contributed by atoms with Gasteiger partial charge in [-0.25, -0.2) is 23.2 Å². The molecular weight excluding hydrogens is 256 g/mol. The molecule has 1 heterocycles. The number of benzene rings is 1. The van der Waals surface area contributed by atoms with Crippen LogP contribution in [0.3, 0.4) is 0 Å². The number of carboxylic acid groups (broad SMARTS) is 1. The Hall–Kier alpha value is -2.31. The van der Waals surface area contributed by atoms with E-state index in [1.165, 1.54) is 10.7 Å². The van der Waals surface area contributed by atoms with E-state index in [1.54, 1.807) is 0 Å². The number of carboxylic acids is 1. The van der Waals surface area contributed by atoms with Crippen molar-refractivity contribution in [3.05, 3.63) is 41.5 Å². The van der Waals surface area contributed by atoms with E-state index in [2.05, 4.69) is 10.1 Å². The molecule has 0 aliphatic heterocycles. The van der Waals surface area contributed by atoms with Crippen LogP contribution in [0.1, 0.15) is 35.2 Å². The van der Waals surface area contributed by atoms with Gasteiger partial charge in [0.15, 0.2) is 11.6 Å². The lowest BCUT2D eigenvalue weighted by Crippen LogP contribution is -2.04. The molecule has 0 spiro atoms. The van der Waals surface area contributed by atoms with Gasteiger partial charge in [0.25, 0.3) is 5.82 Å². The second-order valence-electron chi connectivity index (χ2n) is 4.38. The molecule has 0 unspecified atom stereocenters. The number of carbonyl (C=O) groups is 1. The largest absolute Gasteiger partial charge is 0.475 e. The Kier molecular flexibility index (Phi) is 2.55. The number of aromatic carboxylic acids is 1. The summed E-state index contributed by atoms with van der Waals surface area (Å²) in [4.78, 5) is 14.8. The van der Waals surface area contributed by atoms with Crippen molar-refractivity contribution < 1.29 is 18.7 Å². The van der Waals surface area contributed by atoms with Crippen LogP contribution >= 0.6 is 0 Å². The molecule has 19 heavy (non-hydrogen) atoms. The molecule has 1 fully saturated rings. The topological polar surface area (TPSA) is 68.0 Å². The summed E-state index contributed by atoms with van der Waals surface area (Å²) in [7, 11) is 0. The van der Waals surface area contributed by atoms with Crippen LogP contribution < -0.4 is 0 Å². The van der Waals surface area contributed by atoms with Crippen molar-refractivity contribution in [1.82, 2.24) is 14.8 Å². The van der Waals surface area contributed by atoms with Gasteiger partial charge in [0, 0.05) is 12.0 Å². The maximum atomic E-state index is 13.2. The van der Waals surface area contributed by atoms with Gasteiger partial charge in [0.05, 0.1) is 5.69 Å². The molecule has 1 aromatic heterocycles. The Morgan fingerprint density at radius 3 is 2.63 bits per heavy atom. The summed E-state index contributed by atoms with van der Waals surface area (Å²) in [6.07, 6.45) is 1.78. The molecule has 0 saturated heterocycles. The summed E-state index contributed by atoms with van der Waals surface area (Å²) in [5.74, 6) is -2.95. The maximum absolute atomic E-state index is 13.2. The average molecular weight is 265 g/mol. The summed E-state index contributed by atoms with van der Waals surface area (Å²) in [5.41, 5.74) is 0.265. The second kappa shape index (κ2) is 4.11. The summed E-state index contributed by atoms with van der Waals surface area (Å²) < 4.78 is 27.4. The molecule has 0 atom stereocenters. The van der Waals surface area contributed by atoms with Crippen molar-refractivity contribution in [2.45, 2.75) is 18.8 Å². The molecule has 0 radical (unpaired) electrons. The fourth-order valence-electron chi connectivity index (χ4n) is 1.83. The Labute approximate surface area is 106 Å². The third-order valence-electron chi connectivity index (χ3n) is 2.91. The second-order valence-corrected chi connectivity index (χ2v) is 4.38. The maximum Gasteiger partial charge on any atom is 0.375 e. The molecule has 98 valence electrons. The highest BCUT2D eigenvalue weighted by Crippen LogP contribution is 2.39. The van der Waals surface area contributed by atoms with E-state index in [4.69, 9.17) is 5.11 Å². The van der Waals surface area contributed by atoms with E-state index in [1.807, 2.05) is 0 Å². The molecule has 0 bridgehead atoms. The van der Waals surface area contributed by atoms with Crippen LogP contribution in [-0.4, -0.2) is 25.8 Å². The van der Waals surface area contributed by atoms with Crippen LogP contribution in [0.25, 0.3) is 5.69 Å². The lowest BCUT2D eigenvalue weighted by molar-refractivity contribution is 0.0683. The summed E-state index contributed by atoms with van der Waals surface area (Å²) in [5, 5.41) is 12.7. The van der Waals surface area contributed by atoms with Crippen LogP contribution in [0.15, 0.2) is 18.2 Å². The van der Waals surface area contributed by atoms with E-state index in [9.17, 15) is 13.6 Å². The highest BCUT2D eigenvalue weighted by molar-refractivity contribution is 5.83. The molecule has 1 aliphatic rings. The minimum atomic E-state index is -1.25. The Bertz CT molecular complexity index is 665. The first-order valence-corrected chi connectivity index (χ1v) is 5.72. The number of rotatable bonds is 3. The summed E-state index contributed by atoms with van der Waals surface area (Å²) >= 11 is 0. The van der Waals surface area contributed by atoms with Gasteiger partial charge in [-0.1, -0.05) is 0 Å². The van der Waals surface area contributed by atoms with Crippen molar-refractivity contribution in [2.24, 2.45) is 0 Å². The van der Waals surface area contributed by atoms with Crippen molar-refractivity contribution in [2.75, 3.05) is 0 Å². The quantitative estimate of drug-likeness (QED) is 0.923. The van der Waals surface area contributed by atoms with Gasteiger partial charge in [-0.2, -0.15) is 0 Å². The van der Waals surface area contributed by atoms with Crippen LogP contribution in [-0.2, 0) is 0 Å². The molecule has 0 amide bonds. The van der Waals surface area contributed by atoms with Gasteiger partial charge in [-0.05, 0) is 25.0 Å². The fourth-order valence-corrected chi connectivity index (χ4v) is 1.83. The zero-order chi connectivity index (χ0) is 13.6. The Morgan fingerprint density at radius 1 is 1.32 bits per heavy atom. The lowest BCUT2D eigenvalue weighted by atomic mass is 10.3. The highest BCUT2D eigenvalue weighted by atomic mass is 19.2. The van der Waals surface area contributed by atoms with Crippen LogP contribution in [0.4, 0.5) is 8.78 Å². The predicted molar refractivity (Wildman–Crippen MR) is 60.2 cm³/mol. The molecule has 2 aromatic rings. The number of aromatic nitrogens is 3. The molecule has 1 aliphatic carbocycles. The first-order valence-electron chi connectivity index (χ1n) is 5.72. The zero-order valence-electron chi connectivity index (χ0n) is 9.68. The van der Waals surface area contributed by atoms with E-state index < -0.39 is 17.6 Å². The van der Waals surface area contributed by atoms with Gasteiger partial charge in [0.2, 0.25) is 0 Å². The number of nitrogens with zero attached hydrogens (tertiary/aromatic N) is 3. The van der Waals surface area contributed by atoms with Crippen molar-refractivity contribution >= 4 is 5.97 Å². The van der Waals surface area contributed by atoms with E-state index in [0.29, 0.717) is 5.82 Å². The minimum absolute atomic E-state index is 0.133. The number of hydrogen-bond acceptors (Lipinski definition) is 3. The predicted octanol–water partition coefficient (Wildman–Crippen LogP) is 2.12. The number of halogens is 2. The number of hydrogen-bond donors (Lipinski definition) is 1. The van der Waals surface area contributed by atoms with Crippen molar-refractivity contribution in [3.8, 4) is 5.69 Å². The first kappa shape index (κ1) is 11.8. The monoisotopic (exact) mass is 265 g/mol. The molecule has 1 N–H and O–H groups in total. The van der Waals surface area contributed by atoms with Crippen molar-refractivity contribution in [1.29, 1.82) is 0 Å². The molecular formula is C12H9F2N3O2. The summed E-state index contributed by atoms with van der Waals surface area (Å²) in [6, 6.07) is 3.29. The third kappa shape index (κ3) is 2.07. The van der Waals surface area contributed by atoms with Gasteiger partial charge in [-0.3, -0.25) is 0 Å². The lowest BCUT2D eigenvalue weighted by Gasteiger charge is -2.05. The van der Waals surface area contributed by atoms with Gasteiger partial charge < -0.3 is 5.11 Å². The standard InChI is InChI=1S/C12H9F2N3O2/c13-8-4-3-7(5-9(8)14)17-11(6-1-2-6)15-10(16-17)12(18)19/h3-6H,1-2H2,(H,18,19). The smallest absolute Gasteiger partial charge is 0.375 e. The van der Waals surface area contributed by atoms with Gasteiger partial charge in [0.1, 0.15) is 5.82 Å². The van der Waals surface area contributed by atoms with Gasteiger partial charge in [-0.15, -0.1) is 5.10 Å². The third-order valence-corrected chi connectivity index (χ3v) is 2.91. The van der Waals surface area contributed by atoms with E-state index in [0.717, 1.165) is 25.0 Å². The first-order chi connectivity index (χ1) is 9.06. The minimum Gasteiger partial charge on any atom is -0.475 e. The van der Waals surface area contributed by atoms with E-state index in [-0.39, 0.29) is 17.4 Å². The zero-order valence-corrected chi connectivity index (χ0v) is 9.68. The van der Waals surface area contributed by atoms with Gasteiger partial charge >= 0.3 is 5.97 Å². The molecule has 1 aromatic carbocycles. The van der Waals surface area contributed by atoms with Crippen molar-refractivity contribution in [3.63, 3.8) is 0 Å². The average Bonchev–Trinajstić information content (AvgIpc) is 3.11. The molecule has 5 nitrogen and oxygen atoms in total. The van der Waals surface area contributed by atoms with Crippen LogP contribution in [0, 0.1) is 11.6 Å². The molecule has 7 heteroatoms. The normalized spacial score (nSPS) is 14.6. The van der Waals surface area contributed by atoms with Crippen LogP contribution in [0.2, 0.25) is 0 Å². The highest BCUT2D eigenvalue weighted by Gasteiger charge is 2.31. The SMILES string of the molecule is O=C(O)c1nc(C2CC2)n(-c2ccc(F)c(F)c2)n1. The molecule has 1 saturated carbocycles. The Morgan fingerprint density at radius 2 is 2.05 bits per heavy atom. The fraction of sp³-hybridized carbons (Fsp3) is 0.250. The molecule has 3 rings (SSSR count). The summed E-state index contributed by atoms with van der Waals surface area (Å²) in [6.45, 7) is 0. The van der Waals surface area contributed by atoms with Crippen LogP contribution in [0.5, 0.6) is 0 Å².